The van der Waals surface area contributed by atoms with Crippen molar-refractivity contribution in [2.45, 2.75) is 36.8 Å². The molecule has 114 valence electrons. The van der Waals surface area contributed by atoms with Crippen LogP contribution in [0.3, 0.4) is 0 Å². The van der Waals surface area contributed by atoms with Gasteiger partial charge in [-0.1, -0.05) is 53.6 Å². The van der Waals surface area contributed by atoms with Crippen molar-refractivity contribution in [2.75, 3.05) is 5.01 Å². The van der Waals surface area contributed by atoms with Gasteiger partial charge in [-0.3, -0.25) is 9.47 Å². The molecule has 2 aromatic rings. The zero-order chi connectivity index (χ0) is 15.3. The molecule has 0 spiro atoms. The van der Waals surface area contributed by atoms with Crippen molar-refractivity contribution < 1.29 is 4.79 Å². The normalized spacial score (nSPS) is 22.7. The predicted molar refractivity (Wildman–Crippen MR) is 93.8 cm³/mol. The van der Waals surface area contributed by atoms with Gasteiger partial charge in [-0.25, -0.2) is 5.01 Å². The highest BCUT2D eigenvalue weighted by molar-refractivity contribution is 8.77. The Morgan fingerprint density at radius 1 is 1.18 bits per heavy atom. The molecule has 1 amide bonds. The molecule has 0 unspecified atom stereocenters. The van der Waals surface area contributed by atoms with Crippen LogP contribution in [0.4, 0.5) is 0 Å². The third-order valence-corrected chi connectivity index (χ3v) is 7.52. The van der Waals surface area contributed by atoms with E-state index in [4.69, 9.17) is 0 Å². The van der Waals surface area contributed by atoms with Crippen molar-refractivity contribution in [3.8, 4) is 0 Å². The van der Waals surface area contributed by atoms with Crippen LogP contribution in [0, 0.1) is 0 Å². The fourth-order valence-corrected chi connectivity index (χ4v) is 5.78. The van der Waals surface area contributed by atoms with Gasteiger partial charge in [0.15, 0.2) is 0 Å². The second kappa shape index (κ2) is 5.39. The number of aromatic nitrogens is 1. The average molecular weight is 330 g/mol. The SMILES string of the molecule is CC(C)SS[C@H]1C[C@@H]2c3ccccc3C(=O)N2n2cccc21. The van der Waals surface area contributed by atoms with E-state index in [2.05, 4.69) is 30.7 Å². The summed E-state index contributed by atoms with van der Waals surface area (Å²) in [4.78, 5) is 12.8. The molecule has 5 heteroatoms. The molecule has 3 heterocycles. The van der Waals surface area contributed by atoms with Crippen molar-refractivity contribution in [2.24, 2.45) is 0 Å². The van der Waals surface area contributed by atoms with Gasteiger partial charge in [-0.2, -0.15) is 0 Å². The molecule has 22 heavy (non-hydrogen) atoms. The number of rotatable bonds is 3. The van der Waals surface area contributed by atoms with Gasteiger partial charge in [-0.15, -0.1) is 0 Å². The standard InChI is InChI=1S/C17H18N2OS2/c1-11(2)21-22-16-10-15-12-6-3-4-7-13(12)17(20)19(15)18-9-5-8-14(16)18/h3-9,11,15-16H,10H2,1-2H3/t15-,16+/m1/s1. The van der Waals surface area contributed by atoms with Gasteiger partial charge < -0.3 is 0 Å². The van der Waals surface area contributed by atoms with Gasteiger partial charge in [0.1, 0.15) is 0 Å². The molecule has 1 aromatic carbocycles. The number of benzene rings is 1. The fourth-order valence-electron chi connectivity index (χ4n) is 3.28. The van der Waals surface area contributed by atoms with Gasteiger partial charge in [0.2, 0.25) is 0 Å². The summed E-state index contributed by atoms with van der Waals surface area (Å²) < 4.78 is 2.06. The number of hydrogen-bond donors (Lipinski definition) is 0. The molecule has 0 bridgehead atoms. The largest absolute Gasteiger partial charge is 0.273 e. The molecule has 0 saturated carbocycles. The van der Waals surface area contributed by atoms with E-state index in [0.29, 0.717) is 10.5 Å². The summed E-state index contributed by atoms with van der Waals surface area (Å²) in [6.07, 6.45) is 3.00. The third kappa shape index (κ3) is 2.10. The van der Waals surface area contributed by atoms with Gasteiger partial charge in [-0.05, 0) is 30.2 Å². The van der Waals surface area contributed by atoms with Crippen molar-refractivity contribution in [1.29, 1.82) is 0 Å². The van der Waals surface area contributed by atoms with Crippen molar-refractivity contribution in [3.63, 3.8) is 0 Å². The summed E-state index contributed by atoms with van der Waals surface area (Å²) in [5.74, 6) is 0.123. The van der Waals surface area contributed by atoms with E-state index in [9.17, 15) is 4.79 Å². The lowest BCUT2D eigenvalue weighted by atomic mass is 9.99. The summed E-state index contributed by atoms with van der Waals surface area (Å²) in [5.41, 5.74) is 3.26. The number of carbonyl (C=O) groups is 1. The van der Waals surface area contributed by atoms with E-state index in [-0.39, 0.29) is 11.9 Å². The zero-order valence-corrected chi connectivity index (χ0v) is 14.2. The van der Waals surface area contributed by atoms with Gasteiger partial charge in [0, 0.05) is 17.0 Å². The summed E-state index contributed by atoms with van der Waals surface area (Å²) in [7, 11) is 3.86. The molecule has 0 radical (unpaired) electrons. The first-order chi connectivity index (χ1) is 10.7. The van der Waals surface area contributed by atoms with Crippen LogP contribution in [0.1, 0.15) is 53.2 Å². The maximum Gasteiger partial charge on any atom is 0.273 e. The molecule has 2 aliphatic rings. The molecule has 3 nitrogen and oxygen atoms in total. The van der Waals surface area contributed by atoms with E-state index in [1.807, 2.05) is 57.1 Å². The van der Waals surface area contributed by atoms with Gasteiger partial charge >= 0.3 is 0 Å². The van der Waals surface area contributed by atoms with E-state index in [1.165, 1.54) is 11.3 Å². The van der Waals surface area contributed by atoms with Crippen LogP contribution in [0.5, 0.6) is 0 Å². The van der Waals surface area contributed by atoms with Gasteiger partial charge in [0.25, 0.3) is 5.91 Å². The van der Waals surface area contributed by atoms with Crippen molar-refractivity contribution in [3.05, 3.63) is 59.4 Å². The Morgan fingerprint density at radius 3 is 2.82 bits per heavy atom. The third-order valence-electron chi connectivity index (χ3n) is 4.18. The summed E-state index contributed by atoms with van der Waals surface area (Å²) in [5, 5.41) is 2.95. The van der Waals surface area contributed by atoms with Crippen molar-refractivity contribution >= 4 is 27.5 Å². The number of hydrogen-bond acceptors (Lipinski definition) is 3. The fraction of sp³-hybridized carbons (Fsp3) is 0.353. The van der Waals surface area contributed by atoms with Crippen LogP contribution in [0.2, 0.25) is 0 Å². The Labute approximate surface area is 138 Å². The molecule has 2 aliphatic heterocycles. The Hall–Kier alpha value is -1.33. The van der Waals surface area contributed by atoms with Crippen molar-refractivity contribution in [1.82, 2.24) is 4.68 Å². The predicted octanol–water partition coefficient (Wildman–Crippen LogP) is 4.56. The number of amides is 1. The second-order valence-corrected chi connectivity index (χ2v) is 9.05. The number of nitrogens with zero attached hydrogens (tertiary/aromatic N) is 2. The molecule has 2 atom stereocenters. The molecule has 4 rings (SSSR count). The Bertz CT molecular complexity index is 725. The summed E-state index contributed by atoms with van der Waals surface area (Å²) in [6, 6.07) is 12.4. The van der Waals surface area contributed by atoms with Crippen LogP contribution in [-0.2, 0) is 0 Å². The van der Waals surface area contributed by atoms with Crippen LogP contribution >= 0.6 is 21.6 Å². The minimum atomic E-state index is 0.123. The summed E-state index contributed by atoms with van der Waals surface area (Å²) >= 11 is 0. The number of carbonyl (C=O) groups excluding carboxylic acids is 1. The topological polar surface area (TPSA) is 25.2 Å². The smallest absolute Gasteiger partial charge is 0.267 e. The molecule has 1 aromatic heterocycles. The molecule has 0 N–H and O–H groups in total. The monoisotopic (exact) mass is 330 g/mol. The van der Waals surface area contributed by atoms with Crippen LogP contribution in [0.25, 0.3) is 0 Å². The lowest BCUT2D eigenvalue weighted by molar-refractivity contribution is 0.0954. The maximum atomic E-state index is 12.8. The summed E-state index contributed by atoms with van der Waals surface area (Å²) in [6.45, 7) is 4.44. The first kappa shape index (κ1) is 14.3. The second-order valence-electron chi connectivity index (χ2n) is 6.00. The quantitative estimate of drug-likeness (QED) is 0.772. The zero-order valence-electron chi connectivity index (χ0n) is 12.6. The van der Waals surface area contributed by atoms with E-state index in [0.717, 1.165) is 12.0 Å². The van der Waals surface area contributed by atoms with Crippen LogP contribution in [-0.4, -0.2) is 15.8 Å². The minimum Gasteiger partial charge on any atom is -0.267 e. The van der Waals surface area contributed by atoms with E-state index >= 15 is 0 Å². The van der Waals surface area contributed by atoms with Gasteiger partial charge in [0.05, 0.1) is 17.0 Å². The Morgan fingerprint density at radius 2 is 2.00 bits per heavy atom. The molecular formula is C17H18N2OS2. The van der Waals surface area contributed by atoms with Crippen LogP contribution < -0.4 is 5.01 Å². The number of fused-ring (bicyclic) bond motifs is 5. The molecular weight excluding hydrogens is 312 g/mol. The maximum absolute atomic E-state index is 12.8. The molecule has 0 saturated heterocycles. The highest BCUT2D eigenvalue weighted by Crippen LogP contribution is 2.51. The highest BCUT2D eigenvalue weighted by Gasteiger charge is 2.43. The van der Waals surface area contributed by atoms with E-state index < -0.39 is 0 Å². The Balaban J connectivity index is 1.74. The lowest BCUT2D eigenvalue weighted by Gasteiger charge is -2.36. The molecule has 0 fully saturated rings. The lowest BCUT2D eigenvalue weighted by Crippen LogP contribution is -2.42. The Kier molecular flexibility index (Phi) is 3.50. The minimum absolute atomic E-state index is 0.123. The average Bonchev–Trinajstić information content (AvgIpc) is 3.09. The highest BCUT2D eigenvalue weighted by atomic mass is 33.1. The molecule has 0 aliphatic carbocycles. The van der Waals surface area contributed by atoms with Crippen LogP contribution in [0.15, 0.2) is 42.6 Å². The first-order valence-electron chi connectivity index (χ1n) is 7.59. The first-order valence-corrected chi connectivity index (χ1v) is 9.86. The van der Waals surface area contributed by atoms with E-state index in [1.54, 1.807) is 0 Å².